The summed E-state index contributed by atoms with van der Waals surface area (Å²) in [5.74, 6) is 0.00774. The van der Waals surface area contributed by atoms with Gasteiger partial charge in [0.25, 0.3) is 0 Å². The number of hydrogen-bond donors (Lipinski definition) is 0. The van der Waals surface area contributed by atoms with E-state index < -0.39 is 0 Å². The minimum Gasteiger partial charge on any atom is -1.00 e. The molecule has 0 saturated carbocycles. The monoisotopic (exact) mass is 507 g/mol. The molecule has 0 unspecified atom stereocenters. The maximum absolute atomic E-state index is 13.2. The molecule has 1 saturated heterocycles. The number of thiazole rings is 1. The van der Waals surface area contributed by atoms with Gasteiger partial charge in [-0.1, -0.05) is 57.6 Å². The average molecular weight is 509 g/mol. The first-order valence-corrected chi connectivity index (χ1v) is 10.0. The van der Waals surface area contributed by atoms with Gasteiger partial charge in [0.15, 0.2) is 5.13 Å². The van der Waals surface area contributed by atoms with Crippen LogP contribution in [0, 0.1) is 0 Å². The molecule has 0 bridgehead atoms. The number of nitrogens with zero attached hydrogens (tertiary/aromatic N) is 2. The molecular formula is C20H17Br2N2O2S-. The van der Waals surface area contributed by atoms with E-state index >= 15 is 0 Å². The van der Waals surface area contributed by atoms with E-state index in [9.17, 15) is 4.79 Å². The van der Waals surface area contributed by atoms with Crippen molar-refractivity contribution in [1.82, 2.24) is 4.98 Å². The van der Waals surface area contributed by atoms with Crippen LogP contribution in [0.3, 0.4) is 0 Å². The summed E-state index contributed by atoms with van der Waals surface area (Å²) in [6, 6.07) is 17.4. The SMILES string of the molecule is O=C(c1ccc(Br)cc1)c1sc(N2CCOCC2)nc1-c1ccccc1.[Br-]. The molecule has 1 fully saturated rings. The van der Waals surface area contributed by atoms with E-state index in [2.05, 4.69) is 20.8 Å². The van der Waals surface area contributed by atoms with Crippen molar-refractivity contribution in [2.75, 3.05) is 31.2 Å². The van der Waals surface area contributed by atoms with Crippen LogP contribution < -0.4 is 21.9 Å². The van der Waals surface area contributed by atoms with Crippen molar-refractivity contribution in [2.24, 2.45) is 0 Å². The van der Waals surface area contributed by atoms with Gasteiger partial charge in [-0.05, 0) is 24.3 Å². The maximum Gasteiger partial charge on any atom is 0.205 e. The topological polar surface area (TPSA) is 42.4 Å². The summed E-state index contributed by atoms with van der Waals surface area (Å²) in [4.78, 5) is 20.9. The lowest BCUT2D eigenvalue weighted by Gasteiger charge is -2.26. The average Bonchev–Trinajstić information content (AvgIpc) is 3.15. The number of carbonyl (C=O) groups excluding carboxylic acids is 1. The molecular weight excluding hydrogens is 492 g/mol. The Bertz CT molecular complexity index is 907. The van der Waals surface area contributed by atoms with Crippen LogP contribution >= 0.6 is 27.3 Å². The summed E-state index contributed by atoms with van der Waals surface area (Å²) < 4.78 is 6.39. The molecule has 0 spiro atoms. The molecule has 1 aromatic heterocycles. The minimum absolute atomic E-state index is 0. The van der Waals surface area contributed by atoms with Gasteiger partial charge >= 0.3 is 0 Å². The fourth-order valence-electron chi connectivity index (χ4n) is 2.88. The van der Waals surface area contributed by atoms with E-state index in [0.29, 0.717) is 23.7 Å². The highest BCUT2D eigenvalue weighted by molar-refractivity contribution is 9.10. The van der Waals surface area contributed by atoms with Crippen LogP contribution in [-0.2, 0) is 4.74 Å². The number of carbonyl (C=O) groups is 1. The zero-order valence-corrected chi connectivity index (χ0v) is 18.4. The van der Waals surface area contributed by atoms with Crippen molar-refractivity contribution in [3.8, 4) is 11.3 Å². The van der Waals surface area contributed by atoms with Crippen molar-refractivity contribution in [2.45, 2.75) is 0 Å². The highest BCUT2D eigenvalue weighted by Crippen LogP contribution is 2.35. The van der Waals surface area contributed by atoms with Gasteiger partial charge < -0.3 is 26.6 Å². The van der Waals surface area contributed by atoms with E-state index in [1.807, 2.05) is 54.6 Å². The van der Waals surface area contributed by atoms with E-state index in [0.717, 1.165) is 34.0 Å². The normalized spacial score (nSPS) is 13.9. The third-order valence-corrected chi connectivity index (χ3v) is 5.90. The number of aromatic nitrogens is 1. The lowest BCUT2D eigenvalue weighted by molar-refractivity contribution is -0.0000130. The van der Waals surface area contributed by atoms with Crippen molar-refractivity contribution in [1.29, 1.82) is 0 Å². The molecule has 2 heterocycles. The summed E-state index contributed by atoms with van der Waals surface area (Å²) >= 11 is 4.88. The number of benzene rings is 2. The quantitative estimate of drug-likeness (QED) is 0.502. The molecule has 4 rings (SSSR count). The number of halogens is 2. The Hall–Kier alpha value is -1.54. The Morgan fingerprint density at radius 3 is 2.37 bits per heavy atom. The molecule has 0 N–H and O–H groups in total. The third kappa shape index (κ3) is 4.48. The van der Waals surface area contributed by atoms with E-state index in [1.54, 1.807) is 0 Å². The lowest BCUT2D eigenvalue weighted by Crippen LogP contribution is -3.00. The van der Waals surface area contributed by atoms with Crippen LogP contribution in [0.2, 0.25) is 0 Å². The van der Waals surface area contributed by atoms with Crippen LogP contribution in [0.25, 0.3) is 11.3 Å². The van der Waals surface area contributed by atoms with Crippen LogP contribution in [0.4, 0.5) is 5.13 Å². The summed E-state index contributed by atoms with van der Waals surface area (Å²) in [6.07, 6.45) is 0. The fraction of sp³-hybridized carbons (Fsp3) is 0.200. The first kappa shape index (κ1) is 20.2. The number of anilines is 1. The van der Waals surface area contributed by atoms with Crippen molar-refractivity contribution in [3.63, 3.8) is 0 Å². The smallest absolute Gasteiger partial charge is 0.205 e. The summed E-state index contributed by atoms with van der Waals surface area (Å²) in [6.45, 7) is 2.98. The van der Waals surface area contributed by atoms with Gasteiger partial charge in [0.2, 0.25) is 5.78 Å². The van der Waals surface area contributed by atoms with Crippen molar-refractivity contribution >= 4 is 38.2 Å². The Morgan fingerprint density at radius 2 is 1.70 bits per heavy atom. The molecule has 4 nitrogen and oxygen atoms in total. The molecule has 2 aromatic carbocycles. The molecule has 0 amide bonds. The Balaban J connectivity index is 0.00000210. The van der Waals surface area contributed by atoms with E-state index in [-0.39, 0.29) is 22.8 Å². The van der Waals surface area contributed by atoms with E-state index in [1.165, 1.54) is 11.3 Å². The summed E-state index contributed by atoms with van der Waals surface area (Å²) in [7, 11) is 0. The summed E-state index contributed by atoms with van der Waals surface area (Å²) in [5, 5.41) is 0.882. The second-order valence-corrected chi connectivity index (χ2v) is 7.87. The highest BCUT2D eigenvalue weighted by atomic mass is 79.9. The predicted molar refractivity (Wildman–Crippen MR) is 108 cm³/mol. The second kappa shape index (κ2) is 9.10. The molecule has 1 aliphatic heterocycles. The molecule has 0 radical (unpaired) electrons. The number of ether oxygens (including phenoxy) is 1. The number of rotatable bonds is 4. The zero-order valence-electron chi connectivity index (χ0n) is 14.4. The van der Waals surface area contributed by atoms with Gasteiger partial charge in [-0.15, -0.1) is 0 Å². The molecule has 7 heteroatoms. The Morgan fingerprint density at radius 1 is 1.04 bits per heavy atom. The number of morpholine rings is 1. The standard InChI is InChI=1S/C20H17BrN2O2S.BrH/c21-16-8-6-15(7-9-16)18(24)19-17(14-4-2-1-3-5-14)22-20(26-19)23-10-12-25-13-11-23;/h1-9H,10-13H2;1H/p-1. The highest BCUT2D eigenvalue weighted by Gasteiger charge is 2.24. The van der Waals surface area contributed by atoms with Crippen molar-refractivity contribution < 1.29 is 26.5 Å². The number of hydrogen-bond acceptors (Lipinski definition) is 5. The molecule has 27 heavy (non-hydrogen) atoms. The third-order valence-electron chi connectivity index (χ3n) is 4.26. The largest absolute Gasteiger partial charge is 1.00 e. The van der Waals surface area contributed by atoms with Gasteiger partial charge in [-0.3, -0.25) is 4.79 Å². The fourth-order valence-corrected chi connectivity index (χ4v) is 4.24. The Kier molecular flexibility index (Phi) is 6.81. The first-order valence-electron chi connectivity index (χ1n) is 8.41. The number of ketones is 1. The predicted octanol–water partition coefficient (Wildman–Crippen LogP) is 1.64. The Labute approximate surface area is 181 Å². The molecule has 140 valence electrons. The van der Waals surface area contributed by atoms with Gasteiger partial charge in [0.1, 0.15) is 4.88 Å². The van der Waals surface area contributed by atoms with Crippen LogP contribution in [0.15, 0.2) is 59.1 Å². The van der Waals surface area contributed by atoms with Gasteiger partial charge in [-0.25, -0.2) is 4.98 Å². The lowest BCUT2D eigenvalue weighted by atomic mass is 10.1. The van der Waals surface area contributed by atoms with Crippen LogP contribution in [0.1, 0.15) is 15.2 Å². The molecule has 0 aliphatic carbocycles. The van der Waals surface area contributed by atoms with E-state index in [4.69, 9.17) is 9.72 Å². The molecule has 0 atom stereocenters. The van der Waals surface area contributed by atoms with Gasteiger partial charge in [0.05, 0.1) is 18.9 Å². The van der Waals surface area contributed by atoms with Gasteiger partial charge in [0, 0.05) is 28.7 Å². The minimum atomic E-state index is 0. The molecule has 3 aromatic rings. The van der Waals surface area contributed by atoms with Crippen molar-refractivity contribution in [3.05, 3.63) is 69.5 Å². The zero-order chi connectivity index (χ0) is 17.9. The molecule has 1 aliphatic rings. The maximum atomic E-state index is 13.2. The van der Waals surface area contributed by atoms with Gasteiger partial charge in [-0.2, -0.15) is 0 Å². The van der Waals surface area contributed by atoms with Crippen LogP contribution in [-0.4, -0.2) is 37.1 Å². The second-order valence-electron chi connectivity index (χ2n) is 5.98. The first-order chi connectivity index (χ1) is 12.7. The van der Waals surface area contributed by atoms with Crippen LogP contribution in [0.5, 0.6) is 0 Å². The summed E-state index contributed by atoms with van der Waals surface area (Å²) in [5.41, 5.74) is 2.39.